The molecule has 2 atom stereocenters. The summed E-state index contributed by atoms with van der Waals surface area (Å²) >= 11 is 0. The topological polar surface area (TPSA) is 152 Å². The van der Waals surface area contributed by atoms with E-state index in [2.05, 4.69) is 15.4 Å². The van der Waals surface area contributed by atoms with Crippen LogP contribution in [0.4, 0.5) is 4.39 Å². The summed E-state index contributed by atoms with van der Waals surface area (Å²) in [4.78, 5) is 41.0. The third kappa shape index (κ3) is 8.81. The van der Waals surface area contributed by atoms with Crippen LogP contribution in [-0.4, -0.2) is 76.5 Å². The van der Waals surface area contributed by atoms with Crippen LogP contribution in [0.1, 0.15) is 47.7 Å². The number of fused-ring (bicyclic) bond motifs is 5. The van der Waals surface area contributed by atoms with E-state index < -0.39 is 33.9 Å². The van der Waals surface area contributed by atoms with Gasteiger partial charge in [-0.15, -0.1) is 0 Å². The average molecular weight is 683 g/mol. The van der Waals surface area contributed by atoms with Crippen molar-refractivity contribution in [3.63, 3.8) is 0 Å². The van der Waals surface area contributed by atoms with Crippen molar-refractivity contribution in [1.82, 2.24) is 20.3 Å². The van der Waals surface area contributed by atoms with Crippen LogP contribution in [0.2, 0.25) is 0 Å². The largest absolute Gasteiger partial charge is 0.493 e. The molecule has 4 bridgehead atoms. The van der Waals surface area contributed by atoms with Gasteiger partial charge < -0.3 is 29.7 Å². The number of halogens is 1. The van der Waals surface area contributed by atoms with Crippen LogP contribution in [0, 0.1) is 5.82 Å². The summed E-state index contributed by atoms with van der Waals surface area (Å²) in [5, 5.41) is 5.73. The summed E-state index contributed by atoms with van der Waals surface area (Å²) in [7, 11) is -2.22. The van der Waals surface area contributed by atoms with E-state index in [1.54, 1.807) is 23.1 Å². The van der Waals surface area contributed by atoms with E-state index in [1.807, 2.05) is 13.0 Å². The van der Waals surface area contributed by atoms with Crippen molar-refractivity contribution in [3.8, 4) is 17.2 Å². The molecule has 14 heteroatoms. The number of piperidine rings is 1. The summed E-state index contributed by atoms with van der Waals surface area (Å²) in [6, 6.07) is 14.3. The number of sulfonamides is 1. The van der Waals surface area contributed by atoms with Gasteiger partial charge in [-0.1, -0.05) is 13.0 Å². The van der Waals surface area contributed by atoms with Gasteiger partial charge in [0.25, 0.3) is 11.8 Å². The van der Waals surface area contributed by atoms with Crippen LogP contribution in [0.25, 0.3) is 0 Å². The molecule has 3 N–H and O–H groups in total. The minimum atomic E-state index is -3.70. The fourth-order valence-corrected chi connectivity index (χ4v) is 6.70. The standard InChI is InChI=1S/C34H39FN4O8S/c1-3-13-37-48(43,44)27-8-6-24(7-9-27)34(42)39-14-12-29-28(20-39)38-33(41)21-46-31-17-22(4-10-30(31)45-2)5-11-32(40)36-19-23-15-25(35)18-26(16-23)47-29/h4,6-10,15-18,28-29,37H,3,5,11-14,19-21H2,1-2H3,(H,36,40)(H,38,41)/t28-,29-/m1/s1. The Morgan fingerprint density at radius 1 is 1.04 bits per heavy atom. The van der Waals surface area contributed by atoms with E-state index in [0.29, 0.717) is 42.9 Å². The first-order valence-corrected chi connectivity index (χ1v) is 17.2. The highest BCUT2D eigenvalue weighted by Gasteiger charge is 2.35. The van der Waals surface area contributed by atoms with Crippen molar-refractivity contribution >= 4 is 27.7 Å². The second-order valence-corrected chi connectivity index (χ2v) is 13.4. The summed E-state index contributed by atoms with van der Waals surface area (Å²) in [5.41, 5.74) is 1.58. The van der Waals surface area contributed by atoms with Gasteiger partial charge in [-0.2, -0.15) is 0 Å². The number of ether oxygens (including phenoxy) is 3. The normalized spacial score (nSPS) is 18.9. The van der Waals surface area contributed by atoms with Crippen LogP contribution in [0.5, 0.6) is 17.2 Å². The van der Waals surface area contributed by atoms with Gasteiger partial charge >= 0.3 is 0 Å². The molecule has 48 heavy (non-hydrogen) atoms. The zero-order chi connectivity index (χ0) is 34.3. The Morgan fingerprint density at radius 2 is 1.83 bits per heavy atom. The number of hydrogen-bond acceptors (Lipinski definition) is 8. The van der Waals surface area contributed by atoms with Crippen molar-refractivity contribution in [2.24, 2.45) is 0 Å². The van der Waals surface area contributed by atoms with Gasteiger partial charge in [0.1, 0.15) is 17.7 Å². The van der Waals surface area contributed by atoms with E-state index in [0.717, 1.165) is 5.56 Å². The molecular formula is C34H39FN4O8S. The van der Waals surface area contributed by atoms with E-state index in [9.17, 15) is 27.2 Å². The number of likely N-dealkylation sites (tertiary alicyclic amines) is 1. The lowest BCUT2D eigenvalue weighted by Crippen LogP contribution is -2.58. The highest BCUT2D eigenvalue weighted by Crippen LogP contribution is 2.29. The minimum Gasteiger partial charge on any atom is -0.493 e. The zero-order valence-corrected chi connectivity index (χ0v) is 27.6. The monoisotopic (exact) mass is 682 g/mol. The first-order chi connectivity index (χ1) is 23.0. The first-order valence-electron chi connectivity index (χ1n) is 15.8. The molecule has 1 saturated heterocycles. The number of carbonyl (C=O) groups is 3. The number of benzene rings is 3. The van der Waals surface area contributed by atoms with Crippen molar-refractivity contribution in [3.05, 3.63) is 83.2 Å². The molecule has 0 spiro atoms. The van der Waals surface area contributed by atoms with Gasteiger partial charge in [0, 0.05) is 50.7 Å². The van der Waals surface area contributed by atoms with Gasteiger partial charge in [-0.3, -0.25) is 14.4 Å². The number of methoxy groups -OCH3 is 1. The quantitative estimate of drug-likeness (QED) is 0.359. The van der Waals surface area contributed by atoms with Crippen LogP contribution >= 0.6 is 0 Å². The summed E-state index contributed by atoms with van der Waals surface area (Å²) < 4.78 is 59.6. The molecule has 3 amide bonds. The second kappa shape index (κ2) is 15.5. The van der Waals surface area contributed by atoms with Crippen molar-refractivity contribution < 1.29 is 41.4 Å². The van der Waals surface area contributed by atoms with Crippen molar-refractivity contribution in [2.75, 3.05) is 33.4 Å². The lowest BCUT2D eigenvalue weighted by atomic mass is 10.0. The molecule has 2 aliphatic heterocycles. The Bertz CT molecular complexity index is 1750. The predicted octanol–water partition coefficient (Wildman–Crippen LogP) is 2.94. The molecule has 5 rings (SSSR count). The minimum absolute atomic E-state index is 0.0481. The Labute approximate surface area is 279 Å². The van der Waals surface area contributed by atoms with Gasteiger partial charge in [-0.25, -0.2) is 17.5 Å². The molecule has 0 aliphatic carbocycles. The average Bonchev–Trinajstić information content (AvgIpc) is 3.08. The third-order valence-corrected chi connectivity index (χ3v) is 9.55. The van der Waals surface area contributed by atoms with Crippen LogP contribution in [0.3, 0.4) is 0 Å². The number of nitrogens with zero attached hydrogens (tertiary/aromatic N) is 1. The molecule has 0 aromatic heterocycles. The number of amides is 3. The molecule has 3 aromatic carbocycles. The summed E-state index contributed by atoms with van der Waals surface area (Å²) in [5.74, 6) is -0.633. The number of carbonyl (C=O) groups excluding carboxylic acids is 3. The Balaban J connectivity index is 1.38. The fourth-order valence-electron chi connectivity index (χ4n) is 5.57. The maximum atomic E-state index is 14.6. The van der Waals surface area contributed by atoms with E-state index in [4.69, 9.17) is 14.2 Å². The molecule has 256 valence electrons. The molecule has 0 unspecified atom stereocenters. The Kier molecular flexibility index (Phi) is 11.2. The third-order valence-electron chi connectivity index (χ3n) is 8.07. The predicted molar refractivity (Wildman–Crippen MR) is 174 cm³/mol. The lowest BCUT2D eigenvalue weighted by Gasteiger charge is -2.39. The molecule has 3 aromatic rings. The van der Waals surface area contributed by atoms with Crippen LogP contribution in [0.15, 0.2) is 65.6 Å². The van der Waals surface area contributed by atoms with Crippen molar-refractivity contribution in [2.45, 2.75) is 56.2 Å². The smallest absolute Gasteiger partial charge is 0.258 e. The highest BCUT2D eigenvalue weighted by atomic mass is 32.2. The molecule has 0 saturated carbocycles. The maximum Gasteiger partial charge on any atom is 0.258 e. The maximum absolute atomic E-state index is 14.6. The Hall–Kier alpha value is -4.69. The second-order valence-electron chi connectivity index (χ2n) is 11.6. The van der Waals surface area contributed by atoms with Gasteiger partial charge in [0.15, 0.2) is 18.1 Å². The molecule has 1 fully saturated rings. The number of rotatable bonds is 6. The van der Waals surface area contributed by atoms with Crippen LogP contribution < -0.4 is 29.6 Å². The molecule has 2 heterocycles. The number of hydrogen-bond donors (Lipinski definition) is 3. The first kappa shape index (κ1) is 34.6. The molecule has 12 nitrogen and oxygen atoms in total. The molecule has 2 aliphatic rings. The van der Waals surface area contributed by atoms with Gasteiger partial charge in [-0.05, 0) is 72.5 Å². The fraction of sp³-hybridized carbons (Fsp3) is 0.382. The lowest BCUT2D eigenvalue weighted by molar-refractivity contribution is -0.125. The SMILES string of the molecule is CCCNS(=O)(=O)c1ccc(C(=O)N2CC[C@H]3Oc4cc(F)cc(c4)CNC(=O)CCc4ccc(OC)c(c4)OCC(=O)N[C@@H]3C2)cc1. The van der Waals surface area contributed by atoms with Gasteiger partial charge in [0.2, 0.25) is 15.9 Å². The van der Waals surface area contributed by atoms with Crippen LogP contribution in [-0.2, 0) is 32.6 Å². The van der Waals surface area contributed by atoms with E-state index in [-0.39, 0.29) is 60.7 Å². The van der Waals surface area contributed by atoms with Crippen molar-refractivity contribution in [1.29, 1.82) is 0 Å². The van der Waals surface area contributed by atoms with E-state index >= 15 is 0 Å². The molecular weight excluding hydrogens is 643 g/mol. The number of nitrogens with one attached hydrogen (secondary N) is 3. The highest BCUT2D eigenvalue weighted by molar-refractivity contribution is 7.89. The summed E-state index contributed by atoms with van der Waals surface area (Å²) in [6.45, 7) is 2.19. The summed E-state index contributed by atoms with van der Waals surface area (Å²) in [6.07, 6.45) is 0.875. The molecule has 0 radical (unpaired) electrons. The zero-order valence-electron chi connectivity index (χ0n) is 26.8. The van der Waals surface area contributed by atoms with E-state index in [1.165, 1.54) is 43.5 Å². The Morgan fingerprint density at radius 3 is 2.58 bits per heavy atom. The van der Waals surface area contributed by atoms with Gasteiger partial charge in [0.05, 0.1) is 18.0 Å². The number of aryl methyl sites for hydroxylation is 1.